The van der Waals surface area contributed by atoms with Crippen molar-refractivity contribution >= 4 is 17.5 Å². The lowest BCUT2D eigenvalue weighted by atomic mass is 10.2. The Bertz CT molecular complexity index is 805. The molecular formula is C20H22N2O5. The normalized spacial score (nSPS) is 12.6. The Morgan fingerprint density at radius 2 is 1.78 bits per heavy atom. The molecule has 0 saturated heterocycles. The minimum absolute atomic E-state index is 0.138. The number of rotatable bonds is 6. The summed E-state index contributed by atoms with van der Waals surface area (Å²) < 4.78 is 16.5. The number of carbonyl (C=O) groups is 2. The highest BCUT2D eigenvalue weighted by atomic mass is 16.5. The number of anilines is 1. The van der Waals surface area contributed by atoms with E-state index in [0.29, 0.717) is 48.3 Å². The third-order valence-corrected chi connectivity index (χ3v) is 3.87. The molecule has 7 nitrogen and oxygen atoms in total. The number of fused-ring (bicyclic) bond motifs is 1. The molecule has 0 radical (unpaired) electrons. The molecule has 27 heavy (non-hydrogen) atoms. The van der Waals surface area contributed by atoms with E-state index in [0.717, 1.165) is 6.42 Å². The Morgan fingerprint density at radius 3 is 2.52 bits per heavy atom. The van der Waals surface area contributed by atoms with Gasteiger partial charge in [0.2, 0.25) is 5.91 Å². The summed E-state index contributed by atoms with van der Waals surface area (Å²) in [6.45, 7) is 3.49. The number of hydrogen-bond acceptors (Lipinski definition) is 5. The first kappa shape index (κ1) is 18.6. The molecule has 0 aromatic heterocycles. The Kier molecular flexibility index (Phi) is 6.14. The van der Waals surface area contributed by atoms with Gasteiger partial charge in [-0.3, -0.25) is 9.59 Å². The first-order valence-corrected chi connectivity index (χ1v) is 8.86. The maximum absolute atomic E-state index is 12.1. The third kappa shape index (κ3) is 5.13. The van der Waals surface area contributed by atoms with Gasteiger partial charge in [-0.25, -0.2) is 0 Å². The number of hydrogen-bond donors (Lipinski definition) is 2. The molecule has 2 amide bonds. The molecule has 142 valence electrons. The molecule has 0 saturated carbocycles. The SMILES string of the molecule is CCOc1ccc(C(=O)NCC(=O)Nc2ccc3c(c2)OCCCO3)cc1. The number of ether oxygens (including phenoxy) is 3. The van der Waals surface area contributed by atoms with Crippen molar-refractivity contribution in [1.29, 1.82) is 0 Å². The van der Waals surface area contributed by atoms with Crippen LogP contribution >= 0.6 is 0 Å². The van der Waals surface area contributed by atoms with E-state index in [9.17, 15) is 9.59 Å². The average Bonchev–Trinajstić information content (AvgIpc) is 2.92. The standard InChI is InChI=1S/C20H22N2O5/c1-2-25-16-7-4-14(5-8-16)20(24)21-13-19(23)22-15-6-9-17-18(12-15)27-11-3-10-26-17/h4-9,12H,2-3,10-11,13H2,1H3,(H,21,24)(H,22,23). The minimum Gasteiger partial charge on any atom is -0.494 e. The minimum atomic E-state index is -0.330. The van der Waals surface area contributed by atoms with Crippen molar-refractivity contribution in [2.75, 3.05) is 31.7 Å². The van der Waals surface area contributed by atoms with Crippen molar-refractivity contribution in [3.63, 3.8) is 0 Å². The van der Waals surface area contributed by atoms with E-state index in [2.05, 4.69) is 10.6 Å². The highest BCUT2D eigenvalue weighted by molar-refractivity contribution is 5.99. The zero-order valence-electron chi connectivity index (χ0n) is 15.1. The molecule has 2 aromatic carbocycles. The summed E-state index contributed by atoms with van der Waals surface area (Å²) in [5.41, 5.74) is 1.04. The van der Waals surface area contributed by atoms with E-state index < -0.39 is 0 Å². The van der Waals surface area contributed by atoms with Crippen LogP contribution in [0.3, 0.4) is 0 Å². The quantitative estimate of drug-likeness (QED) is 0.816. The highest BCUT2D eigenvalue weighted by Gasteiger charge is 2.13. The Labute approximate surface area is 157 Å². The van der Waals surface area contributed by atoms with E-state index in [1.165, 1.54) is 0 Å². The van der Waals surface area contributed by atoms with Gasteiger partial charge in [-0.2, -0.15) is 0 Å². The van der Waals surface area contributed by atoms with Crippen LogP contribution in [-0.2, 0) is 4.79 Å². The summed E-state index contributed by atoms with van der Waals surface area (Å²) >= 11 is 0. The van der Waals surface area contributed by atoms with Gasteiger partial charge in [0.25, 0.3) is 5.91 Å². The molecule has 2 aromatic rings. The molecule has 2 N–H and O–H groups in total. The zero-order chi connectivity index (χ0) is 19.1. The predicted octanol–water partition coefficient (Wildman–Crippen LogP) is 2.62. The molecule has 0 spiro atoms. The third-order valence-electron chi connectivity index (χ3n) is 3.87. The lowest BCUT2D eigenvalue weighted by Gasteiger charge is -2.11. The van der Waals surface area contributed by atoms with Crippen molar-refractivity contribution < 1.29 is 23.8 Å². The van der Waals surface area contributed by atoms with E-state index in [4.69, 9.17) is 14.2 Å². The van der Waals surface area contributed by atoms with Gasteiger partial charge < -0.3 is 24.8 Å². The van der Waals surface area contributed by atoms with E-state index in [1.807, 2.05) is 6.92 Å². The van der Waals surface area contributed by atoms with E-state index >= 15 is 0 Å². The summed E-state index contributed by atoms with van der Waals surface area (Å²) in [6.07, 6.45) is 0.813. The summed E-state index contributed by atoms with van der Waals surface area (Å²) in [7, 11) is 0. The van der Waals surface area contributed by atoms with Crippen molar-refractivity contribution in [2.24, 2.45) is 0 Å². The van der Waals surface area contributed by atoms with Crippen LogP contribution in [0.5, 0.6) is 17.2 Å². The van der Waals surface area contributed by atoms with Crippen LogP contribution in [0, 0.1) is 0 Å². The highest BCUT2D eigenvalue weighted by Crippen LogP contribution is 2.32. The van der Waals surface area contributed by atoms with Crippen LogP contribution in [0.15, 0.2) is 42.5 Å². The number of nitrogens with one attached hydrogen (secondary N) is 2. The van der Waals surface area contributed by atoms with Crippen LogP contribution in [-0.4, -0.2) is 38.2 Å². The molecule has 3 rings (SSSR count). The maximum Gasteiger partial charge on any atom is 0.251 e. The fraction of sp³-hybridized carbons (Fsp3) is 0.300. The zero-order valence-corrected chi connectivity index (χ0v) is 15.1. The fourth-order valence-electron chi connectivity index (χ4n) is 2.58. The summed E-state index contributed by atoms with van der Waals surface area (Å²) in [5, 5.41) is 5.33. The number of amides is 2. The lowest BCUT2D eigenvalue weighted by molar-refractivity contribution is -0.115. The Balaban J connectivity index is 1.52. The molecule has 0 fully saturated rings. The largest absolute Gasteiger partial charge is 0.494 e. The first-order valence-electron chi connectivity index (χ1n) is 8.86. The van der Waals surface area contributed by atoms with Crippen LogP contribution in [0.1, 0.15) is 23.7 Å². The molecule has 1 aliphatic rings. The lowest BCUT2D eigenvalue weighted by Crippen LogP contribution is -2.32. The van der Waals surface area contributed by atoms with Crippen molar-refractivity contribution in [3.05, 3.63) is 48.0 Å². The van der Waals surface area contributed by atoms with Crippen LogP contribution in [0.2, 0.25) is 0 Å². The second-order valence-corrected chi connectivity index (χ2v) is 5.90. The van der Waals surface area contributed by atoms with Gasteiger partial charge >= 0.3 is 0 Å². The second-order valence-electron chi connectivity index (χ2n) is 5.90. The first-order chi connectivity index (χ1) is 13.2. The second kappa shape index (κ2) is 8.93. The fourth-order valence-corrected chi connectivity index (χ4v) is 2.58. The van der Waals surface area contributed by atoms with Crippen LogP contribution in [0.4, 0.5) is 5.69 Å². The van der Waals surface area contributed by atoms with Crippen LogP contribution in [0.25, 0.3) is 0 Å². The van der Waals surface area contributed by atoms with Gasteiger partial charge in [-0.15, -0.1) is 0 Å². The van der Waals surface area contributed by atoms with E-state index in [1.54, 1.807) is 42.5 Å². The molecule has 0 bridgehead atoms. The molecular weight excluding hydrogens is 348 g/mol. The summed E-state index contributed by atoms with van der Waals surface area (Å²) in [6, 6.07) is 12.0. The summed E-state index contributed by atoms with van der Waals surface area (Å²) in [4.78, 5) is 24.2. The van der Waals surface area contributed by atoms with Gasteiger partial charge in [-0.1, -0.05) is 0 Å². The van der Waals surface area contributed by atoms with Gasteiger partial charge in [0.1, 0.15) is 5.75 Å². The molecule has 0 aliphatic carbocycles. The molecule has 0 atom stereocenters. The van der Waals surface area contributed by atoms with Crippen molar-refractivity contribution in [1.82, 2.24) is 5.32 Å². The van der Waals surface area contributed by atoms with Crippen molar-refractivity contribution in [2.45, 2.75) is 13.3 Å². The monoisotopic (exact) mass is 370 g/mol. The van der Waals surface area contributed by atoms with Gasteiger partial charge in [0, 0.05) is 23.7 Å². The summed E-state index contributed by atoms with van der Waals surface area (Å²) in [5.74, 6) is 1.30. The van der Waals surface area contributed by atoms with Crippen molar-refractivity contribution in [3.8, 4) is 17.2 Å². The topological polar surface area (TPSA) is 85.9 Å². The molecule has 1 aliphatic heterocycles. The molecule has 1 heterocycles. The smallest absolute Gasteiger partial charge is 0.251 e. The molecule has 0 unspecified atom stereocenters. The van der Waals surface area contributed by atoms with Gasteiger partial charge in [0.05, 0.1) is 26.4 Å². The predicted molar refractivity (Wildman–Crippen MR) is 101 cm³/mol. The Hall–Kier alpha value is -3.22. The number of benzene rings is 2. The number of carbonyl (C=O) groups excluding carboxylic acids is 2. The molecule has 7 heteroatoms. The van der Waals surface area contributed by atoms with Crippen LogP contribution < -0.4 is 24.8 Å². The Morgan fingerprint density at radius 1 is 1.04 bits per heavy atom. The average molecular weight is 370 g/mol. The van der Waals surface area contributed by atoms with Gasteiger partial charge in [0.15, 0.2) is 11.5 Å². The van der Waals surface area contributed by atoms with Gasteiger partial charge in [-0.05, 0) is 43.3 Å². The maximum atomic E-state index is 12.1. The van der Waals surface area contributed by atoms with E-state index in [-0.39, 0.29) is 18.4 Å².